The summed E-state index contributed by atoms with van der Waals surface area (Å²) in [4.78, 5) is 21.5. The quantitative estimate of drug-likeness (QED) is 0.662. The third kappa shape index (κ3) is 2.61. The van der Waals surface area contributed by atoms with Crippen molar-refractivity contribution in [3.63, 3.8) is 0 Å². The van der Waals surface area contributed by atoms with Crippen molar-refractivity contribution in [2.75, 3.05) is 0 Å². The normalized spacial score (nSPS) is 13.9. The molecule has 2 atom stereocenters. The third-order valence-electron chi connectivity index (χ3n) is 3.00. The number of aliphatic hydroxyl groups is 2. The zero-order chi connectivity index (χ0) is 14.9. The Labute approximate surface area is 113 Å². The average Bonchev–Trinajstić information content (AvgIpc) is 2.44. The Balaban J connectivity index is 2.42. The van der Waals surface area contributed by atoms with E-state index in [2.05, 4.69) is 0 Å². The molecule has 6 heteroatoms. The molecule has 0 heterocycles. The van der Waals surface area contributed by atoms with Crippen LogP contribution in [0.3, 0.4) is 0 Å². The molecule has 2 unspecified atom stereocenters. The van der Waals surface area contributed by atoms with Gasteiger partial charge >= 0.3 is 11.9 Å². The number of benzene rings is 2. The van der Waals surface area contributed by atoms with E-state index in [0.29, 0.717) is 10.8 Å². The van der Waals surface area contributed by atoms with Gasteiger partial charge in [0, 0.05) is 0 Å². The van der Waals surface area contributed by atoms with Gasteiger partial charge in [-0.1, -0.05) is 18.2 Å². The molecule has 2 rings (SSSR count). The molecular formula is C14H12O6. The van der Waals surface area contributed by atoms with E-state index < -0.39 is 24.1 Å². The average molecular weight is 276 g/mol. The highest BCUT2D eigenvalue weighted by Crippen LogP contribution is 2.23. The van der Waals surface area contributed by atoms with Gasteiger partial charge in [-0.25, -0.2) is 9.59 Å². The Morgan fingerprint density at radius 1 is 0.900 bits per heavy atom. The number of carbonyl (C=O) groups is 2. The molecule has 0 bridgehead atoms. The minimum atomic E-state index is -1.91. The van der Waals surface area contributed by atoms with Gasteiger partial charge in [0.15, 0.2) is 6.10 Å². The van der Waals surface area contributed by atoms with Crippen LogP contribution >= 0.6 is 0 Å². The Morgan fingerprint density at radius 3 is 2.10 bits per heavy atom. The molecule has 4 N–H and O–H groups in total. The van der Waals surface area contributed by atoms with Crippen molar-refractivity contribution < 1.29 is 30.0 Å². The van der Waals surface area contributed by atoms with Gasteiger partial charge in [-0.15, -0.1) is 0 Å². The molecule has 6 nitrogen and oxygen atoms in total. The monoisotopic (exact) mass is 276 g/mol. The van der Waals surface area contributed by atoms with E-state index >= 15 is 0 Å². The first-order valence-electron chi connectivity index (χ1n) is 5.76. The van der Waals surface area contributed by atoms with Gasteiger partial charge in [0.25, 0.3) is 0 Å². The van der Waals surface area contributed by atoms with Crippen molar-refractivity contribution in [2.45, 2.75) is 12.2 Å². The standard InChI is InChI=1S/C14H12O6/c15-11(12(16)14(19)20)9-3-1-8-6-10(13(17)18)4-2-7(8)5-9/h1-6,11-12,15-16H,(H,17,18)(H,19,20). The van der Waals surface area contributed by atoms with Gasteiger partial charge in [-0.05, 0) is 34.5 Å². The van der Waals surface area contributed by atoms with Gasteiger partial charge in [0.1, 0.15) is 6.10 Å². The number of hydrogen-bond donors (Lipinski definition) is 4. The molecule has 0 saturated carbocycles. The summed E-state index contributed by atoms with van der Waals surface area (Å²) in [7, 11) is 0. The van der Waals surface area contributed by atoms with E-state index in [0.717, 1.165) is 0 Å². The number of rotatable bonds is 4. The largest absolute Gasteiger partial charge is 0.479 e. The summed E-state index contributed by atoms with van der Waals surface area (Å²) in [6.45, 7) is 0. The topological polar surface area (TPSA) is 115 Å². The van der Waals surface area contributed by atoms with Crippen molar-refractivity contribution >= 4 is 22.7 Å². The molecule has 2 aromatic rings. The highest BCUT2D eigenvalue weighted by atomic mass is 16.4. The first-order chi connectivity index (χ1) is 9.40. The minimum absolute atomic E-state index is 0.136. The molecule has 0 spiro atoms. The maximum Gasteiger partial charge on any atom is 0.335 e. The number of aliphatic hydroxyl groups excluding tert-OH is 2. The molecule has 0 aliphatic rings. The van der Waals surface area contributed by atoms with Gasteiger partial charge < -0.3 is 20.4 Å². The van der Waals surface area contributed by atoms with Crippen LogP contribution in [0.2, 0.25) is 0 Å². The lowest BCUT2D eigenvalue weighted by atomic mass is 9.99. The van der Waals surface area contributed by atoms with E-state index in [9.17, 15) is 19.8 Å². The van der Waals surface area contributed by atoms with Crippen molar-refractivity contribution in [3.8, 4) is 0 Å². The minimum Gasteiger partial charge on any atom is -0.479 e. The van der Waals surface area contributed by atoms with Gasteiger partial charge in [0.05, 0.1) is 5.56 Å². The maximum absolute atomic E-state index is 10.8. The fourth-order valence-corrected chi connectivity index (χ4v) is 1.90. The summed E-state index contributed by atoms with van der Waals surface area (Å²) in [5.74, 6) is -2.56. The van der Waals surface area contributed by atoms with Gasteiger partial charge in [-0.2, -0.15) is 0 Å². The number of carboxylic acids is 2. The van der Waals surface area contributed by atoms with Crippen LogP contribution < -0.4 is 0 Å². The van der Waals surface area contributed by atoms with Crippen LogP contribution in [0.15, 0.2) is 36.4 Å². The van der Waals surface area contributed by atoms with Crippen molar-refractivity contribution in [2.24, 2.45) is 0 Å². The highest BCUT2D eigenvalue weighted by molar-refractivity contribution is 5.94. The lowest BCUT2D eigenvalue weighted by Crippen LogP contribution is -2.27. The molecule has 0 saturated heterocycles. The summed E-state index contributed by atoms with van der Waals surface area (Å²) in [6, 6.07) is 8.97. The van der Waals surface area contributed by atoms with Crippen molar-refractivity contribution in [3.05, 3.63) is 47.5 Å². The second-order valence-electron chi connectivity index (χ2n) is 4.35. The number of fused-ring (bicyclic) bond motifs is 1. The van der Waals surface area contributed by atoms with Crippen LogP contribution in [0.1, 0.15) is 22.0 Å². The molecular weight excluding hydrogens is 264 g/mol. The van der Waals surface area contributed by atoms with Crippen molar-refractivity contribution in [1.82, 2.24) is 0 Å². The van der Waals surface area contributed by atoms with Crippen LogP contribution in [-0.2, 0) is 4.79 Å². The maximum atomic E-state index is 10.8. The van der Waals surface area contributed by atoms with Crippen LogP contribution in [0.4, 0.5) is 0 Å². The summed E-state index contributed by atoms with van der Waals surface area (Å²) in [5, 5.41) is 37.9. The fraction of sp³-hybridized carbons (Fsp3) is 0.143. The Hall–Kier alpha value is -2.44. The zero-order valence-corrected chi connectivity index (χ0v) is 10.2. The Kier molecular flexibility index (Phi) is 3.69. The highest BCUT2D eigenvalue weighted by Gasteiger charge is 2.25. The molecule has 0 fully saturated rings. The second kappa shape index (κ2) is 5.28. The smallest absolute Gasteiger partial charge is 0.335 e. The lowest BCUT2D eigenvalue weighted by molar-refractivity contribution is -0.153. The lowest BCUT2D eigenvalue weighted by Gasteiger charge is -2.15. The molecule has 0 radical (unpaired) electrons. The molecule has 0 aromatic heterocycles. The van der Waals surface area contributed by atoms with Gasteiger partial charge in [0.2, 0.25) is 0 Å². The van der Waals surface area contributed by atoms with E-state index in [-0.39, 0.29) is 11.1 Å². The van der Waals surface area contributed by atoms with Crippen LogP contribution in [0.25, 0.3) is 10.8 Å². The number of hydrogen-bond acceptors (Lipinski definition) is 4. The number of carboxylic acid groups (broad SMARTS) is 2. The molecule has 104 valence electrons. The van der Waals surface area contributed by atoms with E-state index in [1.165, 1.54) is 24.3 Å². The fourth-order valence-electron chi connectivity index (χ4n) is 1.90. The summed E-state index contributed by atoms with van der Waals surface area (Å²) < 4.78 is 0. The molecule has 20 heavy (non-hydrogen) atoms. The number of aliphatic carboxylic acids is 1. The van der Waals surface area contributed by atoms with Crippen molar-refractivity contribution in [1.29, 1.82) is 0 Å². The third-order valence-corrected chi connectivity index (χ3v) is 3.00. The molecule has 2 aromatic carbocycles. The summed E-state index contributed by atoms with van der Waals surface area (Å²) >= 11 is 0. The summed E-state index contributed by atoms with van der Waals surface area (Å²) in [6.07, 6.45) is -3.46. The van der Waals surface area contributed by atoms with Crippen LogP contribution in [-0.4, -0.2) is 38.5 Å². The van der Waals surface area contributed by atoms with E-state index in [1.54, 1.807) is 12.1 Å². The predicted octanol–water partition coefficient (Wildman–Crippen LogP) is 1.02. The number of aromatic carboxylic acids is 1. The SMILES string of the molecule is O=C(O)c1ccc2cc(C(O)C(O)C(=O)O)ccc2c1. The molecule has 0 aliphatic heterocycles. The summed E-state index contributed by atoms with van der Waals surface area (Å²) in [5.41, 5.74) is 0.381. The zero-order valence-electron chi connectivity index (χ0n) is 10.2. The molecule has 0 amide bonds. The second-order valence-corrected chi connectivity index (χ2v) is 4.35. The first-order valence-corrected chi connectivity index (χ1v) is 5.76. The van der Waals surface area contributed by atoms with E-state index in [4.69, 9.17) is 10.2 Å². The van der Waals surface area contributed by atoms with Crippen LogP contribution in [0, 0.1) is 0 Å². The van der Waals surface area contributed by atoms with E-state index in [1.807, 2.05) is 0 Å². The molecule has 0 aliphatic carbocycles. The van der Waals surface area contributed by atoms with Crippen LogP contribution in [0.5, 0.6) is 0 Å². The first kappa shape index (κ1) is 14.0. The Bertz CT molecular complexity index is 678. The predicted molar refractivity (Wildman–Crippen MR) is 69.5 cm³/mol. The Morgan fingerprint density at radius 2 is 1.50 bits per heavy atom. The van der Waals surface area contributed by atoms with Gasteiger partial charge in [-0.3, -0.25) is 0 Å².